The molecule has 1 aliphatic heterocycles. The number of halogens is 3. The minimum atomic E-state index is -4.39. The van der Waals surface area contributed by atoms with Crippen molar-refractivity contribution >= 4 is 5.91 Å². The molecular formula is C27H32F3N3O2. The molecule has 2 fully saturated rings. The summed E-state index contributed by atoms with van der Waals surface area (Å²) in [5.41, 5.74) is 1.11. The van der Waals surface area contributed by atoms with Gasteiger partial charge in [0.15, 0.2) is 0 Å². The predicted molar refractivity (Wildman–Crippen MR) is 129 cm³/mol. The predicted octanol–water partition coefficient (Wildman–Crippen LogP) is 4.42. The minimum Gasteiger partial charge on any atom is -0.508 e. The first-order chi connectivity index (χ1) is 16.7. The monoisotopic (exact) mass is 487 g/mol. The van der Waals surface area contributed by atoms with Crippen molar-refractivity contribution in [2.75, 3.05) is 13.1 Å². The summed E-state index contributed by atoms with van der Waals surface area (Å²) in [5.74, 6) is 0.0408. The second-order valence-corrected chi connectivity index (χ2v) is 9.47. The molecule has 1 amide bonds. The number of alkyl halides is 3. The van der Waals surface area contributed by atoms with E-state index in [1.165, 1.54) is 12.1 Å². The molecule has 35 heavy (non-hydrogen) atoms. The fraction of sp³-hybridized carbons (Fsp3) is 0.444. The summed E-state index contributed by atoms with van der Waals surface area (Å²) in [6.07, 6.45) is 1.25. The maximum atomic E-state index is 13.5. The second kappa shape index (κ2) is 10.3. The average molecular weight is 488 g/mol. The van der Waals surface area contributed by atoms with Crippen molar-refractivity contribution in [3.63, 3.8) is 0 Å². The number of carbonyl (C=O) groups is 1. The van der Waals surface area contributed by atoms with Crippen LogP contribution in [-0.4, -0.2) is 36.2 Å². The van der Waals surface area contributed by atoms with E-state index in [1.807, 2.05) is 13.0 Å². The lowest BCUT2D eigenvalue weighted by atomic mass is 9.93. The summed E-state index contributed by atoms with van der Waals surface area (Å²) in [4.78, 5) is 13.5. The Morgan fingerprint density at radius 2 is 1.74 bits per heavy atom. The number of aromatic hydroxyl groups is 1. The number of piperidine rings is 1. The van der Waals surface area contributed by atoms with Crippen molar-refractivity contribution in [2.45, 2.75) is 62.7 Å². The van der Waals surface area contributed by atoms with Crippen molar-refractivity contribution in [2.24, 2.45) is 0 Å². The summed E-state index contributed by atoms with van der Waals surface area (Å²) >= 11 is 0. The zero-order valence-corrected chi connectivity index (χ0v) is 19.8. The molecule has 1 heterocycles. The summed E-state index contributed by atoms with van der Waals surface area (Å²) in [7, 11) is 0. The van der Waals surface area contributed by atoms with E-state index in [4.69, 9.17) is 0 Å². The molecule has 0 bridgehead atoms. The Morgan fingerprint density at radius 3 is 2.29 bits per heavy atom. The van der Waals surface area contributed by atoms with Gasteiger partial charge in [0, 0.05) is 11.7 Å². The maximum absolute atomic E-state index is 13.5. The number of amides is 1. The van der Waals surface area contributed by atoms with E-state index in [2.05, 4.69) is 16.0 Å². The van der Waals surface area contributed by atoms with Crippen LogP contribution in [0.1, 0.15) is 49.3 Å². The molecule has 188 valence electrons. The number of phenols is 1. The van der Waals surface area contributed by atoms with Crippen LogP contribution in [0.25, 0.3) is 0 Å². The molecule has 1 aliphatic carbocycles. The number of benzene rings is 2. The molecule has 1 saturated heterocycles. The lowest BCUT2D eigenvalue weighted by Crippen LogP contribution is -2.49. The van der Waals surface area contributed by atoms with Gasteiger partial charge < -0.3 is 21.1 Å². The van der Waals surface area contributed by atoms with Crippen LogP contribution >= 0.6 is 0 Å². The van der Waals surface area contributed by atoms with Crippen LogP contribution in [0.15, 0.2) is 60.3 Å². The minimum absolute atomic E-state index is 0.105. The Balaban J connectivity index is 1.55. The van der Waals surface area contributed by atoms with Crippen LogP contribution in [0, 0.1) is 0 Å². The van der Waals surface area contributed by atoms with E-state index in [1.54, 1.807) is 24.3 Å². The molecule has 2 aromatic rings. The highest BCUT2D eigenvalue weighted by Gasteiger charge is 2.51. The average Bonchev–Trinajstić information content (AvgIpc) is 3.65. The standard InChI is InChI=1S/C27H32F3N3O2/c1-2-23(32-21-11-15-31-16-12-21)24(17-18-3-5-20(6-4-18)27(28,29)30)33-25(35)26(13-14-26)19-7-9-22(34)10-8-19/h2-10,21,24,31-32,34H,11-17H2,1H3,(H,33,35)/b23-2+/t24-/m0/s1. The summed E-state index contributed by atoms with van der Waals surface area (Å²) in [5, 5.41) is 19.7. The zero-order chi connectivity index (χ0) is 25.1. The van der Waals surface area contributed by atoms with Gasteiger partial charge in [-0.05, 0) is 87.5 Å². The van der Waals surface area contributed by atoms with Crippen LogP contribution in [0.5, 0.6) is 5.75 Å². The number of allylic oxidation sites excluding steroid dienone is 1. The molecule has 1 saturated carbocycles. The fourth-order valence-corrected chi connectivity index (χ4v) is 4.74. The zero-order valence-electron chi connectivity index (χ0n) is 19.8. The Bertz CT molecular complexity index is 1040. The summed E-state index contributed by atoms with van der Waals surface area (Å²) < 4.78 is 39.1. The van der Waals surface area contributed by atoms with Gasteiger partial charge in [-0.15, -0.1) is 0 Å². The third-order valence-electron chi connectivity index (χ3n) is 7.03. The Morgan fingerprint density at radius 1 is 1.11 bits per heavy atom. The smallest absolute Gasteiger partial charge is 0.416 e. The van der Waals surface area contributed by atoms with E-state index in [0.29, 0.717) is 24.8 Å². The Kier molecular flexibility index (Phi) is 7.40. The van der Waals surface area contributed by atoms with Crippen molar-refractivity contribution in [1.82, 2.24) is 16.0 Å². The quantitative estimate of drug-likeness (QED) is 0.445. The SMILES string of the molecule is C/C=C(/NC1CCNCC1)[C@H](Cc1ccc(C(F)(F)F)cc1)NC(=O)C1(c2ccc(O)cc2)CC1. The summed E-state index contributed by atoms with van der Waals surface area (Å²) in [6, 6.07) is 11.7. The highest BCUT2D eigenvalue weighted by Crippen LogP contribution is 2.48. The number of phenolic OH excluding ortho intramolecular Hbond substituents is 1. The first-order valence-electron chi connectivity index (χ1n) is 12.1. The maximum Gasteiger partial charge on any atom is 0.416 e. The van der Waals surface area contributed by atoms with Crippen molar-refractivity contribution in [3.05, 3.63) is 77.0 Å². The number of rotatable bonds is 8. The number of carbonyl (C=O) groups excluding carboxylic acids is 1. The highest BCUT2D eigenvalue weighted by atomic mass is 19.4. The molecule has 0 unspecified atom stereocenters. The van der Waals surface area contributed by atoms with Crippen LogP contribution in [0.3, 0.4) is 0 Å². The molecule has 0 spiro atoms. The van der Waals surface area contributed by atoms with Gasteiger partial charge in [-0.2, -0.15) is 13.2 Å². The highest BCUT2D eigenvalue weighted by molar-refractivity contribution is 5.91. The summed E-state index contributed by atoms with van der Waals surface area (Å²) in [6.45, 7) is 3.73. The van der Waals surface area contributed by atoms with Gasteiger partial charge in [0.25, 0.3) is 0 Å². The topological polar surface area (TPSA) is 73.4 Å². The Hall–Kier alpha value is -3.00. The normalized spacial score (nSPS) is 19.1. The van der Waals surface area contributed by atoms with Crippen LogP contribution < -0.4 is 16.0 Å². The van der Waals surface area contributed by atoms with E-state index < -0.39 is 23.2 Å². The third kappa shape index (κ3) is 5.99. The molecule has 2 aromatic carbocycles. The van der Waals surface area contributed by atoms with E-state index in [-0.39, 0.29) is 17.7 Å². The molecular weight excluding hydrogens is 455 g/mol. The van der Waals surface area contributed by atoms with Gasteiger partial charge in [-0.1, -0.05) is 30.3 Å². The number of hydrogen-bond acceptors (Lipinski definition) is 4. The number of hydrogen-bond donors (Lipinski definition) is 4. The Labute approximate surface area is 203 Å². The molecule has 4 rings (SSSR count). The fourth-order valence-electron chi connectivity index (χ4n) is 4.74. The molecule has 0 aromatic heterocycles. The van der Waals surface area contributed by atoms with Crippen LogP contribution in [0.2, 0.25) is 0 Å². The molecule has 2 aliphatic rings. The van der Waals surface area contributed by atoms with Gasteiger partial charge in [-0.3, -0.25) is 4.79 Å². The van der Waals surface area contributed by atoms with Gasteiger partial charge in [0.1, 0.15) is 5.75 Å². The molecule has 5 nitrogen and oxygen atoms in total. The first kappa shape index (κ1) is 25.1. The molecule has 1 atom stereocenters. The van der Waals surface area contributed by atoms with Crippen LogP contribution in [-0.2, 0) is 22.8 Å². The van der Waals surface area contributed by atoms with Gasteiger partial charge in [0.05, 0.1) is 17.0 Å². The van der Waals surface area contributed by atoms with Crippen molar-refractivity contribution in [1.29, 1.82) is 0 Å². The lowest BCUT2D eigenvalue weighted by Gasteiger charge is -2.31. The number of nitrogens with one attached hydrogen (secondary N) is 3. The largest absolute Gasteiger partial charge is 0.508 e. The molecule has 4 N–H and O–H groups in total. The van der Waals surface area contributed by atoms with Gasteiger partial charge >= 0.3 is 6.18 Å². The molecule has 0 radical (unpaired) electrons. The van der Waals surface area contributed by atoms with E-state index in [9.17, 15) is 23.1 Å². The van der Waals surface area contributed by atoms with E-state index in [0.717, 1.165) is 49.3 Å². The van der Waals surface area contributed by atoms with Crippen molar-refractivity contribution in [3.8, 4) is 5.75 Å². The van der Waals surface area contributed by atoms with E-state index >= 15 is 0 Å². The van der Waals surface area contributed by atoms with Crippen LogP contribution in [0.4, 0.5) is 13.2 Å². The lowest BCUT2D eigenvalue weighted by molar-refractivity contribution is -0.137. The van der Waals surface area contributed by atoms with Gasteiger partial charge in [-0.25, -0.2) is 0 Å². The second-order valence-electron chi connectivity index (χ2n) is 9.47. The first-order valence-corrected chi connectivity index (χ1v) is 12.1. The van der Waals surface area contributed by atoms with Crippen molar-refractivity contribution < 1.29 is 23.1 Å². The van der Waals surface area contributed by atoms with Gasteiger partial charge in [0.2, 0.25) is 5.91 Å². The third-order valence-corrected chi connectivity index (χ3v) is 7.03. The molecule has 8 heteroatoms.